The van der Waals surface area contributed by atoms with Gasteiger partial charge in [0.15, 0.2) is 6.10 Å². The fraction of sp³-hybridized carbons (Fsp3) is 0.672. The molecule has 398 valence electrons. The maximum atomic E-state index is 12.8. The van der Waals surface area contributed by atoms with Crippen molar-refractivity contribution in [1.29, 1.82) is 0 Å². The quantitative estimate of drug-likeness (QED) is 0.0262. The highest BCUT2D eigenvalue weighted by Gasteiger charge is 2.19. The van der Waals surface area contributed by atoms with E-state index in [1.807, 2.05) is 6.08 Å². The fourth-order valence-electron chi connectivity index (χ4n) is 7.69. The lowest BCUT2D eigenvalue weighted by Gasteiger charge is -2.18. The highest BCUT2D eigenvalue weighted by molar-refractivity contribution is 5.72. The van der Waals surface area contributed by atoms with Crippen molar-refractivity contribution in [3.8, 4) is 0 Å². The van der Waals surface area contributed by atoms with Crippen LogP contribution < -0.4 is 0 Å². The van der Waals surface area contributed by atoms with Gasteiger partial charge in [0.2, 0.25) is 0 Å². The molecule has 1 unspecified atom stereocenters. The highest BCUT2D eigenvalue weighted by Crippen LogP contribution is 2.14. The molecule has 0 aliphatic rings. The first-order chi connectivity index (χ1) is 34.5. The Morgan fingerprint density at radius 2 is 0.614 bits per heavy atom. The Hall–Kier alpha value is -3.93. The lowest BCUT2D eigenvalue weighted by Crippen LogP contribution is -2.30. The van der Waals surface area contributed by atoms with Crippen molar-refractivity contribution in [3.63, 3.8) is 0 Å². The molecule has 0 aromatic heterocycles. The molecule has 0 heterocycles. The minimum absolute atomic E-state index is 0.117. The van der Waals surface area contributed by atoms with Crippen LogP contribution in [0, 0.1) is 0 Å². The van der Waals surface area contributed by atoms with Gasteiger partial charge in [-0.15, -0.1) is 0 Å². The Balaban J connectivity index is 4.49. The molecule has 6 heteroatoms. The SMILES string of the molecule is CC/C=C\C/C=C\C/C=C\C/C=C\C/C=C\CC(=O)OCC(COC(=O)CCCCCCCCCCC/C=C\C/C=C\CCCCCCC)OC(=O)CCCCCCC/C=C\C/C=C\CCCCCC. The zero-order valence-electron chi connectivity index (χ0n) is 45.5. The summed E-state index contributed by atoms with van der Waals surface area (Å²) in [6.07, 6.45) is 78.2. The number of hydrogen-bond donors (Lipinski definition) is 0. The zero-order chi connectivity index (χ0) is 50.7. The van der Waals surface area contributed by atoms with Gasteiger partial charge in [-0.25, -0.2) is 0 Å². The summed E-state index contributed by atoms with van der Waals surface area (Å²) in [5, 5.41) is 0. The molecule has 0 aromatic rings. The van der Waals surface area contributed by atoms with Gasteiger partial charge in [0, 0.05) is 12.8 Å². The standard InChI is InChI=1S/C64H106O6/c1-4-7-10-13-16-19-22-25-28-30-31-32-33-34-37-39-42-45-48-51-54-57-63(66)69-60-61(59-68-62(65)56-53-50-47-44-41-38-35-27-24-21-18-15-12-9-6-3)70-64(67)58-55-52-49-46-43-40-36-29-26-23-20-17-14-11-8-5-2/h9,12,18,20-23,25,27,29-31,35-36,41,44,50,53,61H,4-8,10-11,13-17,19,24,26,28,32-34,37-40,42-43,45-49,51-52,54-60H2,1-3H3/b12-9-,21-18-,23-20-,25-22-,31-30-,35-27-,36-29-,44-41-,53-50-. The van der Waals surface area contributed by atoms with Gasteiger partial charge in [-0.05, 0) is 109 Å². The van der Waals surface area contributed by atoms with Crippen LogP contribution in [0.4, 0.5) is 0 Å². The molecule has 0 fully saturated rings. The molecule has 0 N–H and O–H groups in total. The lowest BCUT2D eigenvalue weighted by atomic mass is 10.1. The summed E-state index contributed by atoms with van der Waals surface area (Å²) in [7, 11) is 0. The summed E-state index contributed by atoms with van der Waals surface area (Å²) in [5.41, 5.74) is 0. The number of hydrogen-bond acceptors (Lipinski definition) is 6. The number of allylic oxidation sites excluding steroid dienone is 17. The van der Waals surface area contributed by atoms with Gasteiger partial charge in [0.25, 0.3) is 0 Å². The van der Waals surface area contributed by atoms with E-state index in [4.69, 9.17) is 14.2 Å². The molecule has 0 rings (SSSR count). The topological polar surface area (TPSA) is 78.9 Å². The van der Waals surface area contributed by atoms with E-state index >= 15 is 0 Å². The number of ether oxygens (including phenoxy) is 3. The molecule has 0 saturated heterocycles. The zero-order valence-corrected chi connectivity index (χ0v) is 45.5. The predicted molar refractivity (Wildman–Crippen MR) is 302 cm³/mol. The summed E-state index contributed by atoms with van der Waals surface area (Å²) < 4.78 is 16.7. The lowest BCUT2D eigenvalue weighted by molar-refractivity contribution is -0.166. The van der Waals surface area contributed by atoms with Crippen LogP contribution in [0.5, 0.6) is 0 Å². The van der Waals surface area contributed by atoms with Gasteiger partial charge in [-0.3, -0.25) is 14.4 Å². The maximum Gasteiger partial charge on any atom is 0.309 e. The van der Waals surface area contributed by atoms with E-state index in [9.17, 15) is 14.4 Å². The van der Waals surface area contributed by atoms with Crippen LogP contribution in [0.15, 0.2) is 109 Å². The smallest absolute Gasteiger partial charge is 0.309 e. The van der Waals surface area contributed by atoms with Gasteiger partial charge in [-0.2, -0.15) is 0 Å². The molecule has 0 aromatic carbocycles. The summed E-state index contributed by atoms with van der Waals surface area (Å²) in [6, 6.07) is 0. The number of carbonyl (C=O) groups excluding carboxylic acids is 3. The van der Waals surface area contributed by atoms with Crippen LogP contribution in [0.2, 0.25) is 0 Å². The van der Waals surface area contributed by atoms with E-state index in [2.05, 4.69) is 118 Å². The van der Waals surface area contributed by atoms with E-state index in [1.165, 1.54) is 116 Å². The molecule has 1 atom stereocenters. The Labute approximate surface area is 431 Å². The summed E-state index contributed by atoms with van der Waals surface area (Å²) >= 11 is 0. The van der Waals surface area contributed by atoms with Crippen molar-refractivity contribution in [2.75, 3.05) is 13.2 Å². The van der Waals surface area contributed by atoms with Gasteiger partial charge in [0.1, 0.15) is 13.2 Å². The van der Waals surface area contributed by atoms with Crippen LogP contribution in [-0.2, 0) is 28.6 Å². The molecule has 0 bridgehead atoms. The van der Waals surface area contributed by atoms with Crippen molar-refractivity contribution in [3.05, 3.63) is 109 Å². The third-order valence-electron chi connectivity index (χ3n) is 12.0. The molecule has 0 aliphatic carbocycles. The second-order valence-electron chi connectivity index (χ2n) is 18.8. The molecular weight excluding hydrogens is 865 g/mol. The van der Waals surface area contributed by atoms with Crippen molar-refractivity contribution >= 4 is 17.9 Å². The first kappa shape index (κ1) is 66.1. The summed E-state index contributed by atoms with van der Waals surface area (Å²) in [5.74, 6) is -1.07. The van der Waals surface area contributed by atoms with Crippen LogP contribution in [0.25, 0.3) is 0 Å². The molecule has 0 amide bonds. The monoisotopic (exact) mass is 971 g/mol. The molecule has 0 radical (unpaired) electrons. The van der Waals surface area contributed by atoms with E-state index in [1.54, 1.807) is 6.08 Å². The normalized spacial score (nSPS) is 12.9. The van der Waals surface area contributed by atoms with E-state index in [-0.39, 0.29) is 38.0 Å². The first-order valence-electron chi connectivity index (χ1n) is 28.9. The highest BCUT2D eigenvalue weighted by atomic mass is 16.6. The van der Waals surface area contributed by atoms with Crippen molar-refractivity contribution in [1.82, 2.24) is 0 Å². The van der Waals surface area contributed by atoms with Crippen LogP contribution in [0.3, 0.4) is 0 Å². The second kappa shape index (κ2) is 57.6. The van der Waals surface area contributed by atoms with Crippen molar-refractivity contribution < 1.29 is 28.6 Å². The Morgan fingerprint density at radius 1 is 0.314 bits per heavy atom. The minimum Gasteiger partial charge on any atom is -0.462 e. The van der Waals surface area contributed by atoms with Gasteiger partial charge < -0.3 is 14.2 Å². The average molecular weight is 972 g/mol. The second-order valence-corrected chi connectivity index (χ2v) is 18.8. The van der Waals surface area contributed by atoms with Crippen LogP contribution in [-0.4, -0.2) is 37.2 Å². The number of esters is 3. The van der Waals surface area contributed by atoms with E-state index in [0.29, 0.717) is 6.42 Å². The van der Waals surface area contributed by atoms with Gasteiger partial charge >= 0.3 is 17.9 Å². The molecule has 6 nitrogen and oxygen atoms in total. The summed E-state index contributed by atoms with van der Waals surface area (Å²) in [4.78, 5) is 38.1. The number of carbonyl (C=O) groups is 3. The Kier molecular flexibility index (Phi) is 54.4. The average Bonchev–Trinajstić information content (AvgIpc) is 3.36. The molecular formula is C64H106O6. The van der Waals surface area contributed by atoms with Crippen LogP contribution >= 0.6 is 0 Å². The van der Waals surface area contributed by atoms with Gasteiger partial charge in [0.05, 0.1) is 6.42 Å². The van der Waals surface area contributed by atoms with Crippen molar-refractivity contribution in [2.24, 2.45) is 0 Å². The molecule has 0 saturated carbocycles. The fourth-order valence-corrected chi connectivity index (χ4v) is 7.69. The van der Waals surface area contributed by atoms with Crippen LogP contribution in [0.1, 0.15) is 258 Å². The van der Waals surface area contributed by atoms with E-state index < -0.39 is 12.1 Å². The minimum atomic E-state index is -0.829. The molecule has 0 aliphatic heterocycles. The number of unbranched alkanes of at least 4 members (excludes halogenated alkanes) is 23. The first-order valence-corrected chi connectivity index (χ1v) is 28.9. The summed E-state index contributed by atoms with van der Waals surface area (Å²) in [6.45, 7) is 6.40. The molecule has 70 heavy (non-hydrogen) atoms. The Morgan fingerprint density at radius 3 is 1.01 bits per heavy atom. The maximum absolute atomic E-state index is 12.8. The van der Waals surface area contributed by atoms with Gasteiger partial charge in [-0.1, -0.05) is 239 Å². The third-order valence-corrected chi connectivity index (χ3v) is 12.0. The van der Waals surface area contributed by atoms with Crippen molar-refractivity contribution in [2.45, 2.75) is 264 Å². The van der Waals surface area contributed by atoms with E-state index in [0.717, 1.165) is 103 Å². The largest absolute Gasteiger partial charge is 0.462 e. The molecule has 0 spiro atoms. The predicted octanol–water partition coefficient (Wildman–Crippen LogP) is 19.5. The third kappa shape index (κ3) is 55.0. The number of rotatable bonds is 51. The Bertz CT molecular complexity index is 1440.